The zero-order valence-corrected chi connectivity index (χ0v) is 12.9. The van der Waals surface area contributed by atoms with Gasteiger partial charge in [-0.25, -0.2) is 0 Å². The van der Waals surface area contributed by atoms with Gasteiger partial charge in [-0.15, -0.1) is 0 Å². The zero-order chi connectivity index (χ0) is 16.4. The highest BCUT2D eigenvalue weighted by Crippen LogP contribution is 2.33. The fourth-order valence-corrected chi connectivity index (χ4v) is 3.53. The molecule has 0 aromatic heterocycles. The highest BCUT2D eigenvalue weighted by molar-refractivity contribution is 5.97. The molecular weight excluding hydrogens is 303 g/mol. The van der Waals surface area contributed by atoms with Crippen molar-refractivity contribution in [1.29, 1.82) is 0 Å². The lowest BCUT2D eigenvalue weighted by molar-refractivity contribution is -0.137. The van der Waals surface area contributed by atoms with Gasteiger partial charge in [0.2, 0.25) is 5.91 Å². The van der Waals surface area contributed by atoms with Gasteiger partial charge in [-0.1, -0.05) is 31.4 Å². The van der Waals surface area contributed by atoms with E-state index in [-0.39, 0.29) is 5.91 Å². The Balaban J connectivity index is 1.79. The van der Waals surface area contributed by atoms with Crippen LogP contribution in [0.25, 0.3) is 5.57 Å². The Kier molecular flexibility index (Phi) is 4.46. The topological polar surface area (TPSA) is 20.3 Å². The Morgan fingerprint density at radius 3 is 2.48 bits per heavy atom. The molecule has 0 radical (unpaired) electrons. The predicted molar refractivity (Wildman–Crippen MR) is 82.6 cm³/mol. The average molecular weight is 323 g/mol. The molecule has 1 amide bonds. The number of carbonyl (C=O) groups excluding carboxylic acids is 1. The van der Waals surface area contributed by atoms with E-state index in [4.69, 9.17) is 0 Å². The van der Waals surface area contributed by atoms with E-state index >= 15 is 0 Å². The van der Waals surface area contributed by atoms with Gasteiger partial charge in [-0.05, 0) is 42.5 Å². The molecule has 1 fully saturated rings. The number of nitrogens with zero attached hydrogens (tertiary/aromatic N) is 1. The summed E-state index contributed by atoms with van der Waals surface area (Å²) in [5, 5.41) is 0. The molecule has 124 valence electrons. The van der Waals surface area contributed by atoms with Crippen LogP contribution in [-0.4, -0.2) is 23.4 Å². The second kappa shape index (κ2) is 6.38. The lowest BCUT2D eigenvalue weighted by atomic mass is 9.91. The van der Waals surface area contributed by atoms with Gasteiger partial charge < -0.3 is 4.90 Å². The molecule has 1 heterocycles. The van der Waals surface area contributed by atoms with Crippen molar-refractivity contribution in [2.45, 2.75) is 50.7 Å². The summed E-state index contributed by atoms with van der Waals surface area (Å²) in [5.41, 5.74) is 0.530. The van der Waals surface area contributed by atoms with Crippen molar-refractivity contribution in [3.8, 4) is 0 Å². The summed E-state index contributed by atoms with van der Waals surface area (Å²) in [6.45, 7) is 0.603. The number of benzene rings is 1. The van der Waals surface area contributed by atoms with Gasteiger partial charge in [0.25, 0.3) is 0 Å². The van der Waals surface area contributed by atoms with Crippen LogP contribution in [0, 0.1) is 0 Å². The molecule has 0 atom stereocenters. The summed E-state index contributed by atoms with van der Waals surface area (Å²) < 4.78 is 38.5. The van der Waals surface area contributed by atoms with Crippen molar-refractivity contribution in [3.05, 3.63) is 41.5 Å². The number of rotatable bonds is 2. The third-order valence-electron chi connectivity index (χ3n) is 4.78. The Bertz CT molecular complexity index is 615. The molecule has 1 aromatic carbocycles. The third kappa shape index (κ3) is 3.59. The molecule has 1 aliphatic carbocycles. The molecule has 3 rings (SSSR count). The van der Waals surface area contributed by atoms with Gasteiger partial charge in [0.1, 0.15) is 0 Å². The fourth-order valence-electron chi connectivity index (χ4n) is 3.53. The third-order valence-corrected chi connectivity index (χ3v) is 4.78. The van der Waals surface area contributed by atoms with Gasteiger partial charge >= 0.3 is 6.18 Å². The maximum Gasteiger partial charge on any atom is 0.416 e. The van der Waals surface area contributed by atoms with Gasteiger partial charge in [-0.2, -0.15) is 13.2 Å². The van der Waals surface area contributed by atoms with Gasteiger partial charge in [0.15, 0.2) is 0 Å². The largest absolute Gasteiger partial charge is 0.416 e. The lowest BCUT2D eigenvalue weighted by Crippen LogP contribution is -2.43. The number of carbonyl (C=O) groups is 1. The first kappa shape index (κ1) is 16.1. The summed E-state index contributed by atoms with van der Waals surface area (Å²) in [5.74, 6) is -0.0597. The van der Waals surface area contributed by atoms with E-state index in [0.717, 1.165) is 37.8 Å². The van der Waals surface area contributed by atoms with Crippen LogP contribution in [0.5, 0.6) is 0 Å². The maximum atomic E-state index is 12.8. The first-order valence-electron chi connectivity index (χ1n) is 8.14. The Hall–Kier alpha value is -1.78. The minimum absolute atomic E-state index is 0.0597. The van der Waals surface area contributed by atoms with Crippen LogP contribution in [0.1, 0.15) is 49.7 Å². The molecule has 0 saturated heterocycles. The molecule has 0 bridgehead atoms. The minimum atomic E-state index is -4.36. The highest BCUT2D eigenvalue weighted by atomic mass is 19.4. The number of hydrogen-bond donors (Lipinski definition) is 0. The van der Waals surface area contributed by atoms with E-state index in [0.29, 0.717) is 30.1 Å². The van der Waals surface area contributed by atoms with Crippen LogP contribution in [-0.2, 0) is 11.0 Å². The molecule has 0 spiro atoms. The molecular formula is C18H20F3NO. The molecule has 5 heteroatoms. The van der Waals surface area contributed by atoms with Crippen LogP contribution in [0.2, 0.25) is 0 Å². The van der Waals surface area contributed by atoms with Crippen molar-refractivity contribution in [2.75, 3.05) is 6.54 Å². The van der Waals surface area contributed by atoms with Crippen LogP contribution < -0.4 is 0 Å². The van der Waals surface area contributed by atoms with Crippen LogP contribution in [0.3, 0.4) is 0 Å². The molecule has 0 unspecified atom stereocenters. The molecule has 1 saturated carbocycles. The van der Waals surface area contributed by atoms with Crippen molar-refractivity contribution >= 4 is 11.5 Å². The van der Waals surface area contributed by atoms with Crippen molar-refractivity contribution < 1.29 is 18.0 Å². The summed E-state index contributed by atoms with van der Waals surface area (Å²) >= 11 is 0. The molecule has 2 nitrogen and oxygen atoms in total. The quantitative estimate of drug-likeness (QED) is 0.775. The first-order chi connectivity index (χ1) is 10.9. The first-order valence-corrected chi connectivity index (χ1v) is 8.14. The standard InChI is InChI=1S/C18H20F3NO/c19-18(20,21)15-6-4-5-13(11-15)14-9-10-22(17(23)12-14)16-7-2-1-3-8-16/h4-6,11-12,16H,1-3,7-10H2. The van der Waals surface area contributed by atoms with Gasteiger partial charge in [-0.3, -0.25) is 4.79 Å². The summed E-state index contributed by atoms with van der Waals surface area (Å²) in [6.07, 6.45) is 3.39. The molecule has 23 heavy (non-hydrogen) atoms. The molecule has 2 aliphatic rings. The van der Waals surface area contributed by atoms with E-state index in [1.165, 1.54) is 18.6 Å². The monoisotopic (exact) mass is 323 g/mol. The highest BCUT2D eigenvalue weighted by Gasteiger charge is 2.31. The van der Waals surface area contributed by atoms with Crippen LogP contribution in [0.4, 0.5) is 13.2 Å². The summed E-state index contributed by atoms with van der Waals surface area (Å²) in [6, 6.07) is 5.54. The average Bonchev–Trinajstić information content (AvgIpc) is 2.55. The summed E-state index contributed by atoms with van der Waals surface area (Å²) in [7, 11) is 0. The molecule has 1 aromatic rings. The molecule has 0 N–H and O–H groups in total. The second-order valence-corrected chi connectivity index (χ2v) is 6.32. The van der Waals surface area contributed by atoms with Crippen molar-refractivity contribution in [1.82, 2.24) is 4.90 Å². The maximum absolute atomic E-state index is 12.8. The second-order valence-electron chi connectivity index (χ2n) is 6.32. The Morgan fingerprint density at radius 2 is 1.83 bits per heavy atom. The normalized spacial score (nSPS) is 20.6. The van der Waals surface area contributed by atoms with Crippen molar-refractivity contribution in [3.63, 3.8) is 0 Å². The smallest absolute Gasteiger partial charge is 0.336 e. The minimum Gasteiger partial charge on any atom is -0.336 e. The van der Waals surface area contributed by atoms with E-state index in [9.17, 15) is 18.0 Å². The zero-order valence-electron chi connectivity index (χ0n) is 12.9. The number of alkyl halides is 3. The Morgan fingerprint density at radius 1 is 1.09 bits per heavy atom. The van der Waals surface area contributed by atoms with Gasteiger partial charge in [0, 0.05) is 18.7 Å². The van der Waals surface area contributed by atoms with Gasteiger partial charge in [0.05, 0.1) is 5.56 Å². The predicted octanol–water partition coefficient (Wildman–Crippen LogP) is 4.65. The Labute approximate surface area is 134 Å². The molecule has 1 aliphatic heterocycles. The van der Waals surface area contributed by atoms with Crippen LogP contribution in [0.15, 0.2) is 30.3 Å². The number of hydrogen-bond acceptors (Lipinski definition) is 1. The van der Waals surface area contributed by atoms with E-state index in [1.54, 1.807) is 6.07 Å². The van der Waals surface area contributed by atoms with E-state index < -0.39 is 11.7 Å². The fraction of sp³-hybridized carbons (Fsp3) is 0.500. The lowest BCUT2D eigenvalue weighted by Gasteiger charge is -2.36. The number of halogens is 3. The summed E-state index contributed by atoms with van der Waals surface area (Å²) in [4.78, 5) is 14.3. The SMILES string of the molecule is O=C1C=C(c2cccc(C(F)(F)F)c2)CCN1C1CCCCC1. The number of amides is 1. The van der Waals surface area contributed by atoms with E-state index in [2.05, 4.69) is 0 Å². The van der Waals surface area contributed by atoms with Crippen molar-refractivity contribution in [2.24, 2.45) is 0 Å². The van der Waals surface area contributed by atoms with E-state index in [1.807, 2.05) is 4.90 Å². The van der Waals surface area contributed by atoms with Crippen LogP contribution >= 0.6 is 0 Å².